The number of methoxy groups -OCH3 is 1. The van der Waals surface area contributed by atoms with Gasteiger partial charge in [-0.15, -0.1) is 11.3 Å². The molecule has 182 valence electrons. The molecule has 1 amide bonds. The van der Waals surface area contributed by atoms with E-state index < -0.39 is 0 Å². The second-order valence-electron chi connectivity index (χ2n) is 10.6. The molecule has 7 nitrogen and oxygen atoms in total. The number of thiazole rings is 1. The van der Waals surface area contributed by atoms with Gasteiger partial charge in [0.2, 0.25) is 0 Å². The Morgan fingerprint density at radius 3 is 2.47 bits per heavy atom. The zero-order valence-electron chi connectivity index (χ0n) is 20.9. The molecule has 0 bridgehead atoms. The number of nitrogens with one attached hydrogen (secondary N) is 2. The number of fused-ring (bicyclic) bond motifs is 1. The number of ketones is 1. The molecule has 8 heteroatoms. The van der Waals surface area contributed by atoms with E-state index in [2.05, 4.69) is 31.1 Å². The molecule has 0 unspecified atom stereocenters. The molecule has 2 aliphatic rings. The van der Waals surface area contributed by atoms with Gasteiger partial charge in [0.05, 0.1) is 17.8 Å². The molecule has 1 spiro atoms. The summed E-state index contributed by atoms with van der Waals surface area (Å²) in [7, 11) is 3.34. The fourth-order valence-corrected chi connectivity index (χ4v) is 6.32. The molecule has 0 saturated carbocycles. The molecule has 0 atom stereocenters. The van der Waals surface area contributed by atoms with Crippen molar-refractivity contribution in [1.82, 2.24) is 9.88 Å². The Hall–Kier alpha value is -2.74. The van der Waals surface area contributed by atoms with Crippen LogP contribution in [0.1, 0.15) is 83.3 Å². The van der Waals surface area contributed by atoms with E-state index in [1.54, 1.807) is 44.6 Å². The van der Waals surface area contributed by atoms with Gasteiger partial charge in [0.15, 0.2) is 5.78 Å². The van der Waals surface area contributed by atoms with E-state index in [4.69, 9.17) is 10.1 Å². The maximum absolute atomic E-state index is 13.4. The predicted octanol–water partition coefficient (Wildman–Crippen LogP) is 4.93. The number of piperidine rings is 1. The molecule has 0 radical (unpaired) electrons. The summed E-state index contributed by atoms with van der Waals surface area (Å²) in [6.45, 7) is 9.32. The third-order valence-corrected chi connectivity index (χ3v) is 8.49. The smallest absolute Gasteiger partial charge is 0.254 e. The number of likely N-dealkylation sites (tertiary alicyclic amines) is 1. The lowest BCUT2D eigenvalue weighted by molar-refractivity contribution is 0.0521. The van der Waals surface area contributed by atoms with Crippen LogP contribution in [0.2, 0.25) is 0 Å². The number of ether oxygens (including phenoxy) is 1. The van der Waals surface area contributed by atoms with E-state index in [0.29, 0.717) is 53.5 Å². The van der Waals surface area contributed by atoms with Crippen molar-refractivity contribution in [2.24, 2.45) is 5.41 Å². The lowest BCUT2D eigenvalue weighted by Gasteiger charge is -2.43. The summed E-state index contributed by atoms with van der Waals surface area (Å²) >= 11 is 1.68. The molecule has 2 aromatic rings. The first-order valence-corrected chi connectivity index (χ1v) is 12.6. The average Bonchev–Trinajstić information content (AvgIpc) is 3.23. The SMILES string of the molecule is CNc1c(OC)cc(C(=O)N2CCC3(CC2)CC(=O)c2nc(C(C)(C)C)sc2C3)cc1C(C)=N. The summed E-state index contributed by atoms with van der Waals surface area (Å²) in [6, 6.07) is 3.51. The van der Waals surface area contributed by atoms with Gasteiger partial charge < -0.3 is 20.4 Å². The lowest BCUT2D eigenvalue weighted by Crippen LogP contribution is -2.46. The molecule has 1 saturated heterocycles. The second kappa shape index (κ2) is 8.80. The highest BCUT2D eigenvalue weighted by atomic mass is 32.1. The Morgan fingerprint density at radius 1 is 1.24 bits per heavy atom. The van der Waals surface area contributed by atoms with Gasteiger partial charge in [0.25, 0.3) is 5.91 Å². The summed E-state index contributed by atoms with van der Waals surface area (Å²) in [5.74, 6) is 0.633. The molecule has 1 aliphatic heterocycles. The van der Waals surface area contributed by atoms with Crippen LogP contribution in [0.3, 0.4) is 0 Å². The quantitative estimate of drug-likeness (QED) is 0.603. The van der Waals surface area contributed by atoms with Gasteiger partial charge in [-0.2, -0.15) is 0 Å². The summed E-state index contributed by atoms with van der Waals surface area (Å²) in [6.07, 6.45) is 2.98. The van der Waals surface area contributed by atoms with Gasteiger partial charge in [0.1, 0.15) is 11.4 Å². The van der Waals surface area contributed by atoms with Gasteiger partial charge in [0, 0.05) is 53.7 Å². The maximum atomic E-state index is 13.4. The van der Waals surface area contributed by atoms with Crippen LogP contribution in [0.5, 0.6) is 5.75 Å². The number of amides is 1. The number of hydrogen-bond donors (Lipinski definition) is 2. The van der Waals surface area contributed by atoms with Crippen molar-refractivity contribution in [2.75, 3.05) is 32.6 Å². The predicted molar refractivity (Wildman–Crippen MR) is 136 cm³/mol. The molecule has 4 rings (SSSR count). The van der Waals surface area contributed by atoms with Crippen molar-refractivity contribution in [1.29, 1.82) is 5.41 Å². The highest BCUT2D eigenvalue weighted by Crippen LogP contribution is 2.46. The van der Waals surface area contributed by atoms with Crippen LogP contribution in [0.15, 0.2) is 12.1 Å². The van der Waals surface area contributed by atoms with E-state index in [1.165, 1.54) is 0 Å². The molecular weight excluding hydrogens is 448 g/mol. The number of anilines is 1. The van der Waals surface area contributed by atoms with Gasteiger partial charge >= 0.3 is 0 Å². The van der Waals surface area contributed by atoms with Crippen LogP contribution in [-0.4, -0.2) is 54.5 Å². The number of rotatable bonds is 4. The summed E-state index contributed by atoms with van der Waals surface area (Å²) in [5.41, 5.74) is 2.77. The van der Waals surface area contributed by atoms with Crippen molar-refractivity contribution in [3.05, 3.63) is 38.8 Å². The van der Waals surface area contributed by atoms with Crippen molar-refractivity contribution >= 4 is 34.4 Å². The van der Waals surface area contributed by atoms with Gasteiger partial charge in [-0.3, -0.25) is 9.59 Å². The minimum absolute atomic E-state index is 0.0612. The number of Topliss-reactive ketones (excluding diaryl/α,β-unsaturated/α-hetero) is 1. The first-order valence-electron chi connectivity index (χ1n) is 11.8. The Bertz CT molecular complexity index is 1150. The molecular formula is C26H34N4O3S. The highest BCUT2D eigenvalue weighted by Gasteiger charge is 2.44. The maximum Gasteiger partial charge on any atom is 0.254 e. The topological polar surface area (TPSA) is 95.4 Å². The number of aromatic nitrogens is 1. The van der Waals surface area contributed by atoms with Gasteiger partial charge in [-0.25, -0.2) is 4.98 Å². The standard InChI is InChI=1S/C26H34N4O3S/c1-15(27)17-11-16(12-19(33-6)21(17)28-5)23(32)30-9-7-26(8-10-30)13-18(31)22-20(14-26)34-24(29-22)25(2,3)4/h11-12,27-28H,7-10,13-14H2,1-6H3. The number of carbonyl (C=O) groups excluding carboxylic acids is 2. The van der Waals surface area contributed by atoms with Crippen molar-refractivity contribution in [3.63, 3.8) is 0 Å². The van der Waals surface area contributed by atoms with E-state index >= 15 is 0 Å². The summed E-state index contributed by atoms with van der Waals surface area (Å²) in [4.78, 5) is 34.1. The summed E-state index contributed by atoms with van der Waals surface area (Å²) < 4.78 is 5.49. The van der Waals surface area contributed by atoms with Crippen LogP contribution >= 0.6 is 11.3 Å². The van der Waals surface area contributed by atoms with Crippen molar-refractivity contribution in [3.8, 4) is 5.75 Å². The highest BCUT2D eigenvalue weighted by molar-refractivity contribution is 7.12. The molecule has 1 aromatic carbocycles. The third kappa shape index (κ3) is 4.35. The third-order valence-electron chi connectivity index (χ3n) is 7.01. The molecule has 34 heavy (non-hydrogen) atoms. The van der Waals surface area contributed by atoms with Crippen LogP contribution in [-0.2, 0) is 11.8 Å². The largest absolute Gasteiger partial charge is 0.495 e. The first-order chi connectivity index (χ1) is 16.0. The Kier molecular flexibility index (Phi) is 6.31. The molecule has 1 aliphatic carbocycles. The van der Waals surface area contributed by atoms with Gasteiger partial charge in [-0.1, -0.05) is 20.8 Å². The first kappa shape index (κ1) is 24.4. The normalized spacial score (nSPS) is 17.5. The van der Waals surface area contributed by atoms with Crippen LogP contribution in [0.25, 0.3) is 0 Å². The number of carbonyl (C=O) groups is 2. The van der Waals surface area contributed by atoms with Crippen LogP contribution in [0, 0.1) is 10.8 Å². The van der Waals surface area contributed by atoms with Crippen LogP contribution in [0.4, 0.5) is 5.69 Å². The van der Waals surface area contributed by atoms with E-state index in [-0.39, 0.29) is 22.5 Å². The molecule has 2 heterocycles. The molecule has 1 aromatic heterocycles. The lowest BCUT2D eigenvalue weighted by atomic mass is 9.68. The fourth-order valence-electron chi connectivity index (χ4n) is 5.01. The summed E-state index contributed by atoms with van der Waals surface area (Å²) in [5, 5.41) is 12.2. The Balaban J connectivity index is 1.53. The second-order valence-corrected chi connectivity index (χ2v) is 11.7. The van der Waals surface area contributed by atoms with Gasteiger partial charge in [-0.05, 0) is 43.7 Å². The molecule has 1 fully saturated rings. The minimum atomic E-state index is -0.0903. The zero-order chi connectivity index (χ0) is 24.8. The fraction of sp³-hybridized carbons (Fsp3) is 0.538. The van der Waals surface area contributed by atoms with E-state index in [1.807, 2.05) is 4.90 Å². The number of hydrogen-bond acceptors (Lipinski definition) is 7. The average molecular weight is 483 g/mol. The Labute approximate surface area is 205 Å². The minimum Gasteiger partial charge on any atom is -0.495 e. The monoisotopic (exact) mass is 482 g/mol. The zero-order valence-corrected chi connectivity index (χ0v) is 21.7. The molecule has 2 N–H and O–H groups in total. The number of benzene rings is 1. The van der Waals surface area contributed by atoms with Crippen molar-refractivity contribution < 1.29 is 14.3 Å². The Morgan fingerprint density at radius 2 is 1.91 bits per heavy atom. The van der Waals surface area contributed by atoms with Crippen molar-refractivity contribution in [2.45, 2.75) is 58.8 Å². The number of nitrogens with zero attached hydrogens (tertiary/aromatic N) is 2. The van der Waals surface area contributed by atoms with E-state index in [0.717, 1.165) is 29.1 Å². The van der Waals surface area contributed by atoms with E-state index in [9.17, 15) is 9.59 Å². The van der Waals surface area contributed by atoms with Crippen LogP contribution < -0.4 is 10.1 Å².